The van der Waals surface area contributed by atoms with Gasteiger partial charge in [0.15, 0.2) is 11.5 Å². The molecule has 2 fully saturated rings. The average molecular weight is 342 g/mol. The Hall–Kier alpha value is -1.64. The van der Waals surface area contributed by atoms with Crippen LogP contribution in [0.5, 0.6) is 0 Å². The van der Waals surface area contributed by atoms with Gasteiger partial charge in [-0.05, 0) is 54.4 Å². The zero-order chi connectivity index (χ0) is 18.4. The molecule has 3 nitrogen and oxygen atoms in total. The van der Waals surface area contributed by atoms with Gasteiger partial charge in [0.25, 0.3) is 0 Å². The van der Waals surface area contributed by atoms with E-state index in [9.17, 15) is 9.59 Å². The Morgan fingerprint density at radius 2 is 1.84 bits per heavy atom. The molecule has 0 heterocycles. The molecule has 0 bridgehead atoms. The van der Waals surface area contributed by atoms with Crippen LogP contribution < -0.4 is 0 Å². The van der Waals surface area contributed by atoms with E-state index in [2.05, 4.69) is 27.7 Å². The Kier molecular flexibility index (Phi) is 4.55. The summed E-state index contributed by atoms with van der Waals surface area (Å²) in [6, 6.07) is 0. The second-order valence-corrected chi connectivity index (χ2v) is 8.93. The number of rotatable bonds is 2. The van der Waals surface area contributed by atoms with Gasteiger partial charge in [0, 0.05) is 11.6 Å². The molecule has 0 radical (unpaired) electrons. The zero-order valence-corrected chi connectivity index (χ0v) is 16.1. The lowest BCUT2D eigenvalue weighted by Crippen LogP contribution is -2.47. The molecule has 3 aliphatic carbocycles. The van der Waals surface area contributed by atoms with Gasteiger partial charge in [-0.3, -0.25) is 9.59 Å². The Morgan fingerprint density at radius 1 is 1.12 bits per heavy atom. The second-order valence-electron chi connectivity index (χ2n) is 8.93. The quantitative estimate of drug-likeness (QED) is 0.678. The fourth-order valence-electron chi connectivity index (χ4n) is 5.64. The van der Waals surface area contributed by atoms with Crippen LogP contribution in [0.15, 0.2) is 35.1 Å². The van der Waals surface area contributed by atoms with E-state index in [-0.39, 0.29) is 22.7 Å². The number of Topliss-reactive ketones (excluding diaryl/α,β-unsaturated/α-hetero) is 1. The Balaban J connectivity index is 2.03. The molecule has 2 saturated carbocycles. The largest absolute Gasteiger partial charge is 0.492 e. The number of hydrogen-bond donors (Lipinski definition) is 0. The average Bonchev–Trinajstić information content (AvgIpc) is 2.52. The van der Waals surface area contributed by atoms with Gasteiger partial charge in [-0.15, -0.1) is 0 Å². The van der Waals surface area contributed by atoms with Crippen LogP contribution in [0, 0.1) is 22.7 Å². The molecule has 136 valence electrons. The molecule has 0 aromatic carbocycles. The van der Waals surface area contributed by atoms with Crippen molar-refractivity contribution in [1.29, 1.82) is 0 Å². The molecular weight excluding hydrogens is 312 g/mol. The highest BCUT2D eigenvalue weighted by Crippen LogP contribution is 2.61. The van der Waals surface area contributed by atoms with Gasteiger partial charge < -0.3 is 4.74 Å². The van der Waals surface area contributed by atoms with Crippen LogP contribution in [0.3, 0.4) is 0 Å². The molecule has 0 aromatic rings. The lowest BCUT2D eigenvalue weighted by molar-refractivity contribution is -0.117. The van der Waals surface area contributed by atoms with Crippen molar-refractivity contribution < 1.29 is 14.3 Å². The van der Waals surface area contributed by atoms with E-state index in [4.69, 9.17) is 4.74 Å². The summed E-state index contributed by atoms with van der Waals surface area (Å²) in [6.45, 7) is 9.42. The van der Waals surface area contributed by atoms with Gasteiger partial charge >= 0.3 is 0 Å². The first-order valence-electron chi connectivity index (χ1n) is 9.47. The minimum Gasteiger partial charge on any atom is -0.492 e. The van der Waals surface area contributed by atoms with E-state index >= 15 is 0 Å². The molecule has 0 amide bonds. The Labute approximate surface area is 151 Å². The summed E-state index contributed by atoms with van der Waals surface area (Å²) in [5.41, 5.74) is 2.26. The molecule has 3 atom stereocenters. The molecular formula is C22H30O3. The summed E-state index contributed by atoms with van der Waals surface area (Å²) >= 11 is 0. The van der Waals surface area contributed by atoms with Crippen molar-refractivity contribution in [3.8, 4) is 0 Å². The molecule has 0 saturated heterocycles. The summed E-state index contributed by atoms with van der Waals surface area (Å²) in [7, 11) is 1.44. The highest BCUT2D eigenvalue weighted by Gasteiger charge is 2.51. The van der Waals surface area contributed by atoms with Crippen LogP contribution >= 0.6 is 0 Å². The van der Waals surface area contributed by atoms with Crippen molar-refractivity contribution >= 4 is 11.6 Å². The second kappa shape index (κ2) is 6.26. The van der Waals surface area contributed by atoms with E-state index in [1.165, 1.54) is 50.5 Å². The molecule has 3 aliphatic rings. The predicted octanol–water partition coefficient (Wildman–Crippen LogP) is 4.78. The first-order valence-corrected chi connectivity index (χ1v) is 9.47. The van der Waals surface area contributed by atoms with Crippen LogP contribution in [0.1, 0.15) is 59.8 Å². The SMILES string of the molecule is COC1=CC(=O)C=C(/C=C2\[C@@H](C)CC[C@H]3C(C)(C)CCC[C@]23C)C1=O. The molecule has 3 heteroatoms. The predicted molar refractivity (Wildman–Crippen MR) is 98.9 cm³/mol. The first kappa shape index (κ1) is 18.2. The minimum atomic E-state index is -0.178. The molecule has 0 aliphatic heterocycles. The van der Waals surface area contributed by atoms with E-state index in [0.717, 1.165) is 6.42 Å². The summed E-state index contributed by atoms with van der Waals surface area (Å²) in [6.07, 6.45) is 10.8. The summed E-state index contributed by atoms with van der Waals surface area (Å²) in [5.74, 6) is 0.869. The van der Waals surface area contributed by atoms with Crippen molar-refractivity contribution in [2.24, 2.45) is 22.7 Å². The van der Waals surface area contributed by atoms with Crippen LogP contribution in [-0.2, 0) is 14.3 Å². The molecule has 25 heavy (non-hydrogen) atoms. The fraction of sp³-hybridized carbons (Fsp3) is 0.636. The van der Waals surface area contributed by atoms with Crippen LogP contribution in [-0.4, -0.2) is 18.7 Å². The van der Waals surface area contributed by atoms with Crippen molar-refractivity contribution in [2.45, 2.75) is 59.8 Å². The number of methoxy groups -OCH3 is 1. The van der Waals surface area contributed by atoms with Crippen LogP contribution in [0.25, 0.3) is 0 Å². The normalized spacial score (nSPS) is 36.6. The zero-order valence-electron chi connectivity index (χ0n) is 16.1. The van der Waals surface area contributed by atoms with Crippen LogP contribution in [0.2, 0.25) is 0 Å². The maximum Gasteiger partial charge on any atom is 0.227 e. The minimum absolute atomic E-state index is 0.109. The lowest BCUT2D eigenvalue weighted by atomic mass is 9.48. The van der Waals surface area contributed by atoms with Gasteiger partial charge in [0.05, 0.1) is 7.11 Å². The third-order valence-electron chi connectivity index (χ3n) is 6.90. The third-order valence-corrected chi connectivity index (χ3v) is 6.90. The number of fused-ring (bicyclic) bond motifs is 1. The number of allylic oxidation sites excluding steroid dienone is 5. The van der Waals surface area contributed by atoms with Gasteiger partial charge in [0.2, 0.25) is 5.78 Å². The highest BCUT2D eigenvalue weighted by molar-refractivity contribution is 6.20. The molecule has 0 unspecified atom stereocenters. The van der Waals surface area contributed by atoms with Crippen molar-refractivity contribution in [3.63, 3.8) is 0 Å². The number of carbonyl (C=O) groups is 2. The number of hydrogen-bond acceptors (Lipinski definition) is 3. The smallest absolute Gasteiger partial charge is 0.227 e. The lowest BCUT2D eigenvalue weighted by Gasteiger charge is -2.56. The summed E-state index contributed by atoms with van der Waals surface area (Å²) < 4.78 is 5.11. The Bertz CT molecular complexity index is 692. The van der Waals surface area contributed by atoms with Crippen molar-refractivity contribution in [1.82, 2.24) is 0 Å². The highest BCUT2D eigenvalue weighted by atomic mass is 16.5. The topological polar surface area (TPSA) is 43.4 Å². The van der Waals surface area contributed by atoms with E-state index in [0.29, 0.717) is 22.8 Å². The number of ketones is 2. The number of ether oxygens (including phenoxy) is 1. The first-order chi connectivity index (χ1) is 11.7. The van der Waals surface area contributed by atoms with Crippen molar-refractivity contribution in [3.05, 3.63) is 35.1 Å². The number of carbonyl (C=O) groups excluding carboxylic acids is 2. The van der Waals surface area contributed by atoms with Gasteiger partial charge in [-0.25, -0.2) is 0 Å². The summed E-state index contributed by atoms with van der Waals surface area (Å²) in [5, 5.41) is 0. The maximum absolute atomic E-state index is 12.6. The van der Waals surface area contributed by atoms with Crippen LogP contribution in [0.4, 0.5) is 0 Å². The molecule has 3 rings (SSSR count). The third kappa shape index (κ3) is 3.02. The van der Waals surface area contributed by atoms with Gasteiger partial charge in [-0.1, -0.05) is 45.8 Å². The van der Waals surface area contributed by atoms with Gasteiger partial charge in [-0.2, -0.15) is 0 Å². The van der Waals surface area contributed by atoms with E-state index < -0.39 is 0 Å². The summed E-state index contributed by atoms with van der Waals surface area (Å²) in [4.78, 5) is 24.6. The molecule has 0 aromatic heterocycles. The fourth-order valence-corrected chi connectivity index (χ4v) is 5.64. The maximum atomic E-state index is 12.6. The van der Waals surface area contributed by atoms with Gasteiger partial charge in [0.1, 0.15) is 0 Å². The molecule has 0 spiro atoms. The standard InChI is InChI=1S/C22H30O3/c1-14-7-8-19-21(2,3)9-6-10-22(19,4)17(14)12-15-11-16(23)13-18(25-5)20(15)24/h11-14,19H,6-10H2,1-5H3/b17-12+/t14-,19-,22+/m0/s1. The Morgan fingerprint density at radius 3 is 2.52 bits per heavy atom. The van der Waals surface area contributed by atoms with Crippen molar-refractivity contribution in [2.75, 3.05) is 7.11 Å². The monoisotopic (exact) mass is 342 g/mol. The van der Waals surface area contributed by atoms with E-state index in [1.54, 1.807) is 0 Å². The molecule has 0 N–H and O–H groups in total. The van der Waals surface area contributed by atoms with E-state index in [1.807, 2.05) is 6.08 Å².